The minimum atomic E-state index is -1.63. The number of benzene rings is 1. The van der Waals surface area contributed by atoms with E-state index < -0.39 is 8.32 Å². The molecule has 1 aromatic carbocycles. The van der Waals surface area contributed by atoms with Crippen LogP contribution in [0.25, 0.3) is 0 Å². The summed E-state index contributed by atoms with van der Waals surface area (Å²) in [7, 11) is -1.63. The highest BCUT2D eigenvalue weighted by Crippen LogP contribution is 2.28. The van der Waals surface area contributed by atoms with Crippen LogP contribution in [0.2, 0.25) is 24.2 Å². The average Bonchev–Trinajstić information content (AvgIpc) is 2.36. The summed E-state index contributed by atoms with van der Waals surface area (Å²) >= 11 is 6.15. The number of rotatable bonds is 9. The lowest BCUT2D eigenvalue weighted by molar-refractivity contribution is 0.536. The molecule has 0 aliphatic carbocycles. The molecule has 0 saturated carbocycles. The summed E-state index contributed by atoms with van der Waals surface area (Å²) in [6.07, 6.45) is 8.05. The molecule has 0 saturated heterocycles. The smallest absolute Gasteiger partial charge is 0.245 e. The molecule has 3 heteroatoms. The van der Waals surface area contributed by atoms with Crippen LogP contribution in [0.1, 0.15) is 45.4 Å². The van der Waals surface area contributed by atoms with E-state index in [1.165, 1.54) is 44.6 Å². The Bertz CT molecular complexity index is 366. The van der Waals surface area contributed by atoms with Gasteiger partial charge in [-0.15, -0.1) is 0 Å². The molecule has 0 bridgehead atoms. The lowest BCUT2D eigenvalue weighted by Crippen LogP contribution is -2.33. The van der Waals surface area contributed by atoms with Gasteiger partial charge in [-0.1, -0.05) is 69.2 Å². The van der Waals surface area contributed by atoms with E-state index in [9.17, 15) is 0 Å². The summed E-state index contributed by atoms with van der Waals surface area (Å²) in [6.45, 7) is 6.82. The summed E-state index contributed by atoms with van der Waals surface area (Å²) in [5.74, 6) is 0.854. The zero-order valence-corrected chi connectivity index (χ0v) is 14.3. The first-order valence-corrected chi connectivity index (χ1v) is 11.0. The van der Waals surface area contributed by atoms with Gasteiger partial charge in [0, 0.05) is 0 Å². The molecule has 1 rings (SSSR count). The minimum Gasteiger partial charge on any atom is -0.543 e. The first-order valence-electron chi connectivity index (χ1n) is 7.49. The molecule has 0 N–H and O–H groups in total. The fraction of sp³-hybridized carbons (Fsp3) is 0.625. The highest BCUT2D eigenvalue weighted by Gasteiger charge is 2.24. The van der Waals surface area contributed by atoms with Crippen molar-refractivity contribution in [2.45, 2.75) is 64.6 Å². The number of para-hydroxylation sites is 1. The topological polar surface area (TPSA) is 9.23 Å². The zero-order chi connectivity index (χ0) is 14.1. The number of hydrogen-bond donors (Lipinski definition) is 0. The summed E-state index contributed by atoms with van der Waals surface area (Å²) in [6, 6.07) is 9.00. The second kappa shape index (κ2) is 8.65. The van der Waals surface area contributed by atoms with Crippen LogP contribution in [-0.2, 0) is 0 Å². The van der Waals surface area contributed by atoms with E-state index in [0.29, 0.717) is 0 Å². The van der Waals surface area contributed by atoms with E-state index in [2.05, 4.69) is 20.0 Å². The van der Waals surface area contributed by atoms with Gasteiger partial charge in [0.2, 0.25) is 8.32 Å². The zero-order valence-electron chi connectivity index (χ0n) is 12.5. The standard InChI is InChI=1S/C16H27ClOSi/c1-4-5-6-7-8-11-14-19(2,3)18-16-13-10-9-12-15(16)17/h9-10,12-13H,4-8,11,14H2,1-3H3. The summed E-state index contributed by atoms with van der Waals surface area (Å²) in [5.41, 5.74) is 0. The number of halogens is 1. The third-order valence-corrected chi connectivity index (χ3v) is 6.00. The lowest BCUT2D eigenvalue weighted by Gasteiger charge is -2.24. The van der Waals surface area contributed by atoms with Gasteiger partial charge in [-0.05, 0) is 31.3 Å². The Hall–Kier alpha value is -0.473. The van der Waals surface area contributed by atoms with Crippen LogP contribution in [0.15, 0.2) is 24.3 Å². The molecule has 1 aromatic rings. The monoisotopic (exact) mass is 298 g/mol. The highest BCUT2D eigenvalue weighted by molar-refractivity contribution is 6.71. The van der Waals surface area contributed by atoms with Crippen LogP contribution in [0.3, 0.4) is 0 Å². The molecular weight excluding hydrogens is 272 g/mol. The van der Waals surface area contributed by atoms with Crippen molar-refractivity contribution in [3.8, 4) is 5.75 Å². The van der Waals surface area contributed by atoms with Gasteiger partial charge >= 0.3 is 0 Å². The molecule has 0 aromatic heterocycles. The molecule has 0 atom stereocenters. The quantitative estimate of drug-likeness (QED) is 0.385. The van der Waals surface area contributed by atoms with Gasteiger partial charge in [-0.25, -0.2) is 0 Å². The van der Waals surface area contributed by atoms with Gasteiger partial charge in [0.1, 0.15) is 5.75 Å². The second-order valence-electron chi connectivity index (χ2n) is 5.81. The Morgan fingerprint density at radius 1 is 1.00 bits per heavy atom. The highest BCUT2D eigenvalue weighted by atomic mass is 35.5. The van der Waals surface area contributed by atoms with Crippen molar-refractivity contribution in [1.29, 1.82) is 0 Å². The van der Waals surface area contributed by atoms with Gasteiger partial charge in [0.15, 0.2) is 0 Å². The molecule has 0 aliphatic rings. The van der Waals surface area contributed by atoms with Gasteiger partial charge in [0.05, 0.1) is 5.02 Å². The van der Waals surface area contributed by atoms with Gasteiger partial charge in [-0.2, -0.15) is 0 Å². The molecular formula is C16H27ClOSi. The molecule has 0 fully saturated rings. The van der Waals surface area contributed by atoms with E-state index >= 15 is 0 Å². The Morgan fingerprint density at radius 3 is 2.32 bits per heavy atom. The maximum absolute atomic E-state index is 6.17. The number of hydrogen-bond acceptors (Lipinski definition) is 1. The fourth-order valence-electron chi connectivity index (χ4n) is 2.21. The molecule has 0 unspecified atom stereocenters. The Kier molecular flexibility index (Phi) is 7.55. The predicted molar refractivity (Wildman–Crippen MR) is 87.7 cm³/mol. The third kappa shape index (κ3) is 7.02. The first kappa shape index (κ1) is 16.6. The van der Waals surface area contributed by atoms with E-state index in [0.717, 1.165) is 10.8 Å². The Labute approximate surface area is 124 Å². The third-order valence-electron chi connectivity index (χ3n) is 3.36. The largest absolute Gasteiger partial charge is 0.543 e. The van der Waals surface area contributed by atoms with Crippen molar-refractivity contribution in [3.05, 3.63) is 29.3 Å². The lowest BCUT2D eigenvalue weighted by atomic mass is 10.1. The first-order chi connectivity index (χ1) is 9.05. The van der Waals surface area contributed by atoms with Gasteiger partial charge in [-0.3, -0.25) is 0 Å². The van der Waals surface area contributed by atoms with Gasteiger partial charge < -0.3 is 4.43 Å². The van der Waals surface area contributed by atoms with E-state index in [-0.39, 0.29) is 0 Å². The molecule has 0 spiro atoms. The molecule has 0 radical (unpaired) electrons. The molecule has 19 heavy (non-hydrogen) atoms. The van der Waals surface area contributed by atoms with Crippen LogP contribution in [0, 0.1) is 0 Å². The van der Waals surface area contributed by atoms with E-state index in [4.69, 9.17) is 16.0 Å². The van der Waals surface area contributed by atoms with Crippen molar-refractivity contribution in [1.82, 2.24) is 0 Å². The maximum Gasteiger partial charge on any atom is 0.245 e. The minimum absolute atomic E-state index is 0.728. The molecule has 0 heterocycles. The van der Waals surface area contributed by atoms with Crippen molar-refractivity contribution in [2.75, 3.05) is 0 Å². The fourth-order valence-corrected chi connectivity index (χ4v) is 4.42. The van der Waals surface area contributed by atoms with E-state index in [1.54, 1.807) is 0 Å². The normalized spacial score (nSPS) is 11.6. The van der Waals surface area contributed by atoms with Crippen molar-refractivity contribution in [2.24, 2.45) is 0 Å². The van der Waals surface area contributed by atoms with Crippen LogP contribution in [-0.4, -0.2) is 8.32 Å². The summed E-state index contributed by atoms with van der Waals surface area (Å²) in [5, 5.41) is 0.728. The van der Waals surface area contributed by atoms with Crippen molar-refractivity contribution >= 4 is 19.9 Å². The van der Waals surface area contributed by atoms with E-state index in [1.807, 2.05) is 24.3 Å². The van der Waals surface area contributed by atoms with Crippen LogP contribution in [0.5, 0.6) is 5.75 Å². The van der Waals surface area contributed by atoms with Crippen LogP contribution >= 0.6 is 11.6 Å². The average molecular weight is 299 g/mol. The molecule has 108 valence electrons. The summed E-state index contributed by atoms with van der Waals surface area (Å²) in [4.78, 5) is 0. The maximum atomic E-state index is 6.17. The van der Waals surface area contributed by atoms with Crippen LogP contribution in [0.4, 0.5) is 0 Å². The number of unbranched alkanes of at least 4 members (excludes halogenated alkanes) is 5. The SMILES string of the molecule is CCCCCCCC[Si](C)(C)Oc1ccccc1Cl. The van der Waals surface area contributed by atoms with Gasteiger partial charge in [0.25, 0.3) is 0 Å². The van der Waals surface area contributed by atoms with Crippen molar-refractivity contribution < 1.29 is 4.43 Å². The predicted octanol–water partition coefficient (Wildman–Crippen LogP) is 6.28. The Balaban J connectivity index is 2.30. The molecule has 0 amide bonds. The summed E-state index contributed by atoms with van der Waals surface area (Å²) < 4.78 is 6.17. The van der Waals surface area contributed by atoms with Crippen molar-refractivity contribution in [3.63, 3.8) is 0 Å². The Morgan fingerprint density at radius 2 is 1.63 bits per heavy atom. The second-order valence-corrected chi connectivity index (χ2v) is 10.4. The molecule has 0 aliphatic heterocycles. The molecule has 1 nitrogen and oxygen atoms in total. The van der Waals surface area contributed by atoms with Crippen LogP contribution < -0.4 is 4.43 Å².